The first-order valence-corrected chi connectivity index (χ1v) is 5.65. The first-order chi connectivity index (χ1) is 7.66. The highest BCUT2D eigenvalue weighted by molar-refractivity contribution is 6.31. The van der Waals surface area contributed by atoms with E-state index in [1.165, 1.54) is 19.0 Å². The molecule has 2 N–H and O–H groups in total. The molecule has 88 valence electrons. The van der Waals surface area contributed by atoms with Gasteiger partial charge in [0.15, 0.2) is 0 Å². The van der Waals surface area contributed by atoms with Crippen molar-refractivity contribution in [3.05, 3.63) is 11.2 Å². The van der Waals surface area contributed by atoms with Crippen molar-refractivity contribution in [3.63, 3.8) is 0 Å². The second kappa shape index (κ2) is 4.84. The monoisotopic (exact) mass is 242 g/mol. The molecule has 16 heavy (non-hydrogen) atoms. The summed E-state index contributed by atoms with van der Waals surface area (Å²) in [6.45, 7) is 1.42. The van der Waals surface area contributed by atoms with Crippen LogP contribution in [-0.2, 0) is 0 Å². The summed E-state index contributed by atoms with van der Waals surface area (Å²) < 4.78 is 5.46. The zero-order valence-electron chi connectivity index (χ0n) is 9.19. The molecule has 1 aromatic rings. The van der Waals surface area contributed by atoms with Gasteiger partial charge in [-0.05, 0) is 19.9 Å². The molecule has 1 fully saturated rings. The molecule has 0 aromatic carbocycles. The van der Waals surface area contributed by atoms with E-state index in [4.69, 9.17) is 22.1 Å². The molecule has 6 heteroatoms. The van der Waals surface area contributed by atoms with E-state index in [0.717, 1.165) is 12.6 Å². The molecule has 0 amide bonds. The summed E-state index contributed by atoms with van der Waals surface area (Å²) in [5.41, 5.74) is 5.45. The van der Waals surface area contributed by atoms with Crippen LogP contribution in [0, 0.1) is 0 Å². The van der Waals surface area contributed by atoms with Gasteiger partial charge in [0.05, 0.1) is 6.20 Å². The Balaban J connectivity index is 1.81. The summed E-state index contributed by atoms with van der Waals surface area (Å²) in [7, 11) is 2.09. The first-order valence-electron chi connectivity index (χ1n) is 5.28. The van der Waals surface area contributed by atoms with Crippen LogP contribution in [0.3, 0.4) is 0 Å². The number of halogens is 1. The van der Waals surface area contributed by atoms with Gasteiger partial charge in [-0.3, -0.25) is 0 Å². The summed E-state index contributed by atoms with van der Waals surface area (Å²) in [6.07, 6.45) is 4.03. The van der Waals surface area contributed by atoms with Crippen molar-refractivity contribution in [2.24, 2.45) is 0 Å². The Kier molecular flexibility index (Phi) is 3.46. The number of ether oxygens (including phenoxy) is 1. The Hall–Kier alpha value is -1.07. The summed E-state index contributed by atoms with van der Waals surface area (Å²) in [6, 6.07) is 0.731. The van der Waals surface area contributed by atoms with Crippen LogP contribution >= 0.6 is 11.6 Å². The van der Waals surface area contributed by atoms with E-state index in [1.54, 1.807) is 0 Å². The van der Waals surface area contributed by atoms with Gasteiger partial charge in [-0.15, -0.1) is 0 Å². The fourth-order valence-electron chi connectivity index (χ4n) is 1.45. The van der Waals surface area contributed by atoms with Crippen molar-refractivity contribution in [2.45, 2.75) is 18.9 Å². The number of anilines is 1. The van der Waals surface area contributed by atoms with Crippen LogP contribution < -0.4 is 10.5 Å². The molecule has 1 aromatic heterocycles. The zero-order valence-corrected chi connectivity index (χ0v) is 9.94. The van der Waals surface area contributed by atoms with Gasteiger partial charge in [0.2, 0.25) is 11.8 Å². The van der Waals surface area contributed by atoms with Crippen molar-refractivity contribution in [2.75, 3.05) is 25.9 Å². The summed E-state index contributed by atoms with van der Waals surface area (Å²) in [5, 5.41) is 0.392. The average Bonchev–Trinajstić information content (AvgIpc) is 3.06. The fourth-order valence-corrected chi connectivity index (χ4v) is 1.60. The maximum Gasteiger partial charge on any atom is 0.237 e. The van der Waals surface area contributed by atoms with Crippen molar-refractivity contribution in [1.29, 1.82) is 0 Å². The molecule has 0 radical (unpaired) electrons. The number of nitrogens with zero attached hydrogens (tertiary/aromatic N) is 3. The molecule has 2 rings (SSSR count). The van der Waals surface area contributed by atoms with Crippen LogP contribution in [0.1, 0.15) is 12.8 Å². The molecule has 0 saturated heterocycles. The van der Waals surface area contributed by atoms with Crippen LogP contribution in [0.25, 0.3) is 0 Å². The summed E-state index contributed by atoms with van der Waals surface area (Å²) in [4.78, 5) is 9.97. The van der Waals surface area contributed by atoms with Crippen molar-refractivity contribution in [3.8, 4) is 5.88 Å². The molecule has 5 nitrogen and oxygen atoms in total. The molecule has 0 spiro atoms. The van der Waals surface area contributed by atoms with Gasteiger partial charge in [0, 0.05) is 12.6 Å². The minimum Gasteiger partial charge on any atom is -0.475 e. The Morgan fingerprint density at radius 1 is 1.62 bits per heavy atom. The van der Waals surface area contributed by atoms with Crippen LogP contribution in [-0.4, -0.2) is 41.1 Å². The number of rotatable bonds is 5. The van der Waals surface area contributed by atoms with Gasteiger partial charge in [-0.25, -0.2) is 4.98 Å². The lowest BCUT2D eigenvalue weighted by Gasteiger charge is -2.15. The predicted molar refractivity (Wildman–Crippen MR) is 62.6 cm³/mol. The number of aromatic nitrogens is 2. The lowest BCUT2D eigenvalue weighted by Crippen LogP contribution is -2.26. The van der Waals surface area contributed by atoms with E-state index in [9.17, 15) is 0 Å². The molecule has 1 aliphatic carbocycles. The largest absolute Gasteiger partial charge is 0.475 e. The van der Waals surface area contributed by atoms with Crippen LogP contribution in [0.4, 0.5) is 5.95 Å². The van der Waals surface area contributed by atoms with E-state index in [1.807, 2.05) is 0 Å². The highest BCUT2D eigenvalue weighted by Crippen LogP contribution is 2.25. The molecule has 0 bridgehead atoms. The highest BCUT2D eigenvalue weighted by Gasteiger charge is 2.25. The molecule has 1 saturated carbocycles. The minimum absolute atomic E-state index is 0.176. The van der Waals surface area contributed by atoms with Gasteiger partial charge < -0.3 is 15.4 Å². The molecule has 0 unspecified atom stereocenters. The van der Waals surface area contributed by atoms with Crippen LogP contribution in [0.15, 0.2) is 6.20 Å². The number of hydrogen-bond acceptors (Lipinski definition) is 5. The lowest BCUT2D eigenvalue weighted by atomic mass is 10.5. The highest BCUT2D eigenvalue weighted by atomic mass is 35.5. The Morgan fingerprint density at radius 3 is 3.06 bits per heavy atom. The van der Waals surface area contributed by atoms with E-state index in [0.29, 0.717) is 17.5 Å². The molecule has 1 heterocycles. The van der Waals surface area contributed by atoms with E-state index < -0.39 is 0 Å². The Bertz CT molecular complexity index is 370. The van der Waals surface area contributed by atoms with Gasteiger partial charge in [-0.2, -0.15) is 4.98 Å². The predicted octanol–water partition coefficient (Wildman–Crippen LogP) is 1.19. The van der Waals surface area contributed by atoms with Crippen LogP contribution in [0.5, 0.6) is 5.88 Å². The third-order valence-electron chi connectivity index (χ3n) is 2.58. The molecular weight excluding hydrogens is 228 g/mol. The van der Waals surface area contributed by atoms with Gasteiger partial charge in [0.1, 0.15) is 11.6 Å². The second-order valence-corrected chi connectivity index (χ2v) is 4.35. The van der Waals surface area contributed by atoms with Crippen molar-refractivity contribution < 1.29 is 4.74 Å². The number of likely N-dealkylation sites (N-methyl/N-ethyl adjacent to an activating group) is 1. The summed E-state index contributed by atoms with van der Waals surface area (Å²) in [5.74, 6) is 0.535. The van der Waals surface area contributed by atoms with Crippen LogP contribution in [0.2, 0.25) is 5.02 Å². The fraction of sp³-hybridized carbons (Fsp3) is 0.600. The molecule has 0 atom stereocenters. The van der Waals surface area contributed by atoms with E-state index in [-0.39, 0.29) is 5.95 Å². The SMILES string of the molecule is CN(CCOc1nc(N)ncc1Cl)C1CC1. The number of nitrogens with two attached hydrogens (primary N) is 1. The van der Waals surface area contributed by atoms with Gasteiger partial charge in [-0.1, -0.05) is 11.6 Å². The van der Waals surface area contributed by atoms with Gasteiger partial charge >= 0.3 is 0 Å². The van der Waals surface area contributed by atoms with Crippen molar-refractivity contribution in [1.82, 2.24) is 14.9 Å². The average molecular weight is 243 g/mol. The molecule has 0 aliphatic heterocycles. The van der Waals surface area contributed by atoms with Crippen molar-refractivity contribution >= 4 is 17.5 Å². The normalized spacial score (nSPS) is 15.4. The molecular formula is C10H15ClN4O. The van der Waals surface area contributed by atoms with E-state index in [2.05, 4.69) is 21.9 Å². The smallest absolute Gasteiger partial charge is 0.237 e. The molecule has 1 aliphatic rings. The maximum absolute atomic E-state index is 5.87. The second-order valence-electron chi connectivity index (χ2n) is 3.94. The number of hydrogen-bond donors (Lipinski definition) is 1. The third-order valence-corrected chi connectivity index (χ3v) is 2.84. The Labute approximate surface area is 99.6 Å². The minimum atomic E-state index is 0.176. The summed E-state index contributed by atoms with van der Waals surface area (Å²) >= 11 is 5.87. The Morgan fingerprint density at radius 2 is 2.38 bits per heavy atom. The third kappa shape index (κ3) is 2.96. The zero-order chi connectivity index (χ0) is 11.5. The van der Waals surface area contributed by atoms with E-state index >= 15 is 0 Å². The first kappa shape index (κ1) is 11.4. The standard InChI is InChI=1S/C10H15ClN4O/c1-15(7-2-3-7)4-5-16-9-8(11)6-13-10(12)14-9/h6-7H,2-5H2,1H3,(H2,12,13,14). The maximum atomic E-state index is 5.87. The lowest BCUT2D eigenvalue weighted by molar-refractivity contribution is 0.226. The topological polar surface area (TPSA) is 64.3 Å². The van der Waals surface area contributed by atoms with Gasteiger partial charge in [0.25, 0.3) is 0 Å². The number of nitrogen functional groups attached to an aromatic ring is 1. The quantitative estimate of drug-likeness (QED) is 0.840.